The molecule has 4 nitrogen and oxygen atoms in total. The number of carbonyl (C=O) groups is 1. The molecule has 0 aromatic carbocycles. The number of esters is 1. The van der Waals surface area contributed by atoms with E-state index in [9.17, 15) is 4.79 Å². The molecule has 0 fully saturated rings. The van der Waals surface area contributed by atoms with E-state index in [4.69, 9.17) is 5.11 Å². The molecule has 0 aliphatic heterocycles. The van der Waals surface area contributed by atoms with Gasteiger partial charge in [0.2, 0.25) is 0 Å². The number of methoxy groups -OCH3 is 1. The summed E-state index contributed by atoms with van der Waals surface area (Å²) in [5, 5.41) is 8.46. The average molecular weight is 191 g/mol. The quantitative estimate of drug-likeness (QED) is 0.509. The van der Waals surface area contributed by atoms with Crippen LogP contribution in [0.25, 0.3) is 0 Å². The number of pyridine rings is 1. The van der Waals surface area contributed by atoms with Gasteiger partial charge in [-0.25, -0.2) is 9.78 Å². The molecule has 0 unspecified atom stereocenters. The van der Waals surface area contributed by atoms with Gasteiger partial charge in [0.05, 0.1) is 7.11 Å². The number of aliphatic hydroxyl groups excluding tert-OH is 1. The van der Waals surface area contributed by atoms with Crippen molar-refractivity contribution in [3.05, 3.63) is 29.6 Å². The third-order valence-corrected chi connectivity index (χ3v) is 1.44. The lowest BCUT2D eigenvalue weighted by molar-refractivity contribution is 0.0594. The molecule has 4 heteroatoms. The summed E-state index contributed by atoms with van der Waals surface area (Å²) in [5.74, 6) is 4.53. The van der Waals surface area contributed by atoms with Crippen LogP contribution in [0.2, 0.25) is 0 Å². The summed E-state index contributed by atoms with van der Waals surface area (Å²) in [6, 6.07) is 4.84. The van der Waals surface area contributed by atoms with Gasteiger partial charge in [0, 0.05) is 0 Å². The normalized spacial score (nSPS) is 8.71. The van der Waals surface area contributed by atoms with Crippen molar-refractivity contribution in [3.63, 3.8) is 0 Å². The number of rotatable bonds is 1. The van der Waals surface area contributed by atoms with E-state index < -0.39 is 5.97 Å². The number of nitrogens with zero attached hydrogens (tertiary/aromatic N) is 1. The van der Waals surface area contributed by atoms with Crippen LogP contribution in [0.4, 0.5) is 0 Å². The first-order valence-corrected chi connectivity index (χ1v) is 3.93. The fraction of sp³-hybridized carbons (Fsp3) is 0.200. The van der Waals surface area contributed by atoms with Gasteiger partial charge < -0.3 is 9.84 Å². The highest BCUT2D eigenvalue weighted by atomic mass is 16.5. The Bertz CT molecular complexity index is 390. The first kappa shape index (κ1) is 10.2. The van der Waals surface area contributed by atoms with Crippen molar-refractivity contribution < 1.29 is 14.6 Å². The molecule has 0 bridgehead atoms. The fourth-order valence-corrected chi connectivity index (χ4v) is 0.853. The molecule has 14 heavy (non-hydrogen) atoms. The van der Waals surface area contributed by atoms with E-state index in [1.165, 1.54) is 13.2 Å². The summed E-state index contributed by atoms with van der Waals surface area (Å²) < 4.78 is 4.50. The van der Waals surface area contributed by atoms with Crippen molar-refractivity contribution in [1.82, 2.24) is 4.98 Å². The molecule has 1 rings (SSSR count). The highest BCUT2D eigenvalue weighted by Crippen LogP contribution is 1.99. The van der Waals surface area contributed by atoms with Crippen LogP contribution < -0.4 is 0 Å². The summed E-state index contributed by atoms with van der Waals surface area (Å²) in [5.41, 5.74) is 0.638. The van der Waals surface area contributed by atoms with E-state index >= 15 is 0 Å². The van der Waals surface area contributed by atoms with Crippen LogP contribution >= 0.6 is 0 Å². The Morgan fingerprint density at radius 2 is 2.43 bits per heavy atom. The predicted molar refractivity (Wildman–Crippen MR) is 49.5 cm³/mol. The second-order valence-corrected chi connectivity index (χ2v) is 2.36. The zero-order valence-corrected chi connectivity index (χ0v) is 7.65. The molecule has 1 N–H and O–H groups in total. The number of ether oxygens (including phenoxy) is 1. The SMILES string of the molecule is COC(=O)c1cccc(C#CCO)n1. The van der Waals surface area contributed by atoms with Gasteiger partial charge >= 0.3 is 5.97 Å². The second-order valence-electron chi connectivity index (χ2n) is 2.36. The Labute approximate surface area is 81.5 Å². The van der Waals surface area contributed by atoms with Gasteiger partial charge in [0.1, 0.15) is 18.0 Å². The maximum atomic E-state index is 11.1. The lowest BCUT2D eigenvalue weighted by Crippen LogP contribution is -2.04. The van der Waals surface area contributed by atoms with Crippen LogP contribution in [0.1, 0.15) is 16.2 Å². The topological polar surface area (TPSA) is 59.4 Å². The van der Waals surface area contributed by atoms with Gasteiger partial charge in [-0.2, -0.15) is 0 Å². The van der Waals surface area contributed by atoms with E-state index in [1.807, 2.05) is 0 Å². The summed E-state index contributed by atoms with van der Waals surface area (Å²) in [6.45, 7) is -0.232. The molecule has 0 spiro atoms. The van der Waals surface area contributed by atoms with Crippen LogP contribution in [-0.4, -0.2) is 29.8 Å². The van der Waals surface area contributed by atoms with E-state index in [0.717, 1.165) is 0 Å². The van der Waals surface area contributed by atoms with Gasteiger partial charge in [0.25, 0.3) is 0 Å². The molecule has 0 saturated carbocycles. The molecule has 0 atom stereocenters. The highest BCUT2D eigenvalue weighted by molar-refractivity contribution is 5.87. The molecule has 0 aliphatic carbocycles. The number of hydrogen-bond donors (Lipinski definition) is 1. The minimum atomic E-state index is -0.502. The first-order valence-electron chi connectivity index (χ1n) is 3.93. The number of carbonyl (C=O) groups excluding carboxylic acids is 1. The predicted octanol–water partition coefficient (Wildman–Crippen LogP) is 0.212. The Hall–Kier alpha value is -1.86. The van der Waals surface area contributed by atoms with Crippen LogP contribution in [0.5, 0.6) is 0 Å². The van der Waals surface area contributed by atoms with E-state index in [2.05, 4.69) is 21.6 Å². The second kappa shape index (κ2) is 5.00. The maximum Gasteiger partial charge on any atom is 0.356 e. The average Bonchev–Trinajstić information content (AvgIpc) is 2.25. The molecule has 1 heterocycles. The van der Waals surface area contributed by atoms with Gasteiger partial charge in [0.15, 0.2) is 0 Å². The van der Waals surface area contributed by atoms with Gasteiger partial charge in [-0.3, -0.25) is 0 Å². The summed E-state index contributed by atoms with van der Waals surface area (Å²) in [7, 11) is 1.29. The van der Waals surface area contributed by atoms with Crippen LogP contribution in [0.15, 0.2) is 18.2 Å². The Kier molecular flexibility index (Phi) is 3.65. The van der Waals surface area contributed by atoms with E-state index in [0.29, 0.717) is 5.69 Å². The Morgan fingerprint density at radius 1 is 1.64 bits per heavy atom. The summed E-state index contributed by atoms with van der Waals surface area (Å²) in [6.07, 6.45) is 0. The van der Waals surface area contributed by atoms with Crippen molar-refractivity contribution in [2.24, 2.45) is 0 Å². The molecule has 1 aromatic heterocycles. The molecular weight excluding hydrogens is 182 g/mol. The Balaban J connectivity index is 2.95. The van der Waals surface area contributed by atoms with Crippen LogP contribution in [0.3, 0.4) is 0 Å². The lowest BCUT2D eigenvalue weighted by atomic mass is 10.3. The molecule has 0 amide bonds. The monoisotopic (exact) mass is 191 g/mol. The number of hydrogen-bond acceptors (Lipinski definition) is 4. The summed E-state index contributed by atoms with van der Waals surface area (Å²) in [4.78, 5) is 15.0. The van der Waals surface area contributed by atoms with Crippen LogP contribution in [0, 0.1) is 11.8 Å². The molecular formula is C10H9NO3. The third kappa shape index (κ3) is 2.57. The molecule has 72 valence electrons. The van der Waals surface area contributed by atoms with Crippen molar-refractivity contribution in [3.8, 4) is 11.8 Å². The number of aliphatic hydroxyl groups is 1. The smallest absolute Gasteiger partial charge is 0.356 e. The largest absolute Gasteiger partial charge is 0.464 e. The zero-order chi connectivity index (χ0) is 10.4. The molecule has 0 aliphatic rings. The maximum absolute atomic E-state index is 11.1. The van der Waals surface area contributed by atoms with Crippen molar-refractivity contribution in [1.29, 1.82) is 0 Å². The standard InChI is InChI=1S/C10H9NO3/c1-14-10(13)9-6-2-4-8(11-9)5-3-7-12/h2,4,6,12H,7H2,1H3. The van der Waals surface area contributed by atoms with Crippen molar-refractivity contribution >= 4 is 5.97 Å². The van der Waals surface area contributed by atoms with E-state index in [1.54, 1.807) is 12.1 Å². The zero-order valence-electron chi connectivity index (χ0n) is 7.65. The Morgan fingerprint density at radius 3 is 3.07 bits per heavy atom. The minimum absolute atomic E-state index is 0.206. The summed E-state index contributed by atoms with van der Waals surface area (Å²) >= 11 is 0. The van der Waals surface area contributed by atoms with Crippen molar-refractivity contribution in [2.45, 2.75) is 0 Å². The lowest BCUT2D eigenvalue weighted by Gasteiger charge is -1.97. The van der Waals surface area contributed by atoms with Gasteiger partial charge in [-0.15, -0.1) is 0 Å². The van der Waals surface area contributed by atoms with Gasteiger partial charge in [-0.05, 0) is 18.1 Å². The molecule has 0 saturated heterocycles. The first-order chi connectivity index (χ1) is 6.77. The van der Waals surface area contributed by atoms with Crippen LogP contribution in [-0.2, 0) is 4.74 Å². The highest BCUT2D eigenvalue weighted by Gasteiger charge is 2.05. The van der Waals surface area contributed by atoms with Gasteiger partial charge in [-0.1, -0.05) is 12.0 Å². The molecule has 0 radical (unpaired) electrons. The number of aromatic nitrogens is 1. The van der Waals surface area contributed by atoms with E-state index in [-0.39, 0.29) is 12.3 Å². The van der Waals surface area contributed by atoms with Crippen molar-refractivity contribution in [2.75, 3.05) is 13.7 Å². The third-order valence-electron chi connectivity index (χ3n) is 1.44. The molecule has 1 aromatic rings. The minimum Gasteiger partial charge on any atom is -0.464 e. The fourth-order valence-electron chi connectivity index (χ4n) is 0.853.